The number of aromatic nitrogens is 2. The third-order valence-corrected chi connectivity index (χ3v) is 4.95. The van der Waals surface area contributed by atoms with E-state index in [1.54, 1.807) is 24.3 Å². The number of amides is 1. The summed E-state index contributed by atoms with van der Waals surface area (Å²) in [4.78, 5) is 49.6. The fraction of sp³-hybridized carbons (Fsp3) is 0.364. The van der Waals surface area contributed by atoms with Gasteiger partial charge >= 0.3 is 5.69 Å². The van der Waals surface area contributed by atoms with Crippen molar-refractivity contribution < 1.29 is 19.1 Å². The highest BCUT2D eigenvalue weighted by Gasteiger charge is 2.32. The predicted octanol–water partition coefficient (Wildman–Crippen LogP) is 1.13. The Morgan fingerprint density at radius 1 is 1.19 bits per heavy atom. The molecule has 3 rings (SSSR count). The largest absolute Gasteiger partial charge is 0.493 e. The van der Waals surface area contributed by atoms with E-state index in [1.807, 2.05) is 13.8 Å². The van der Waals surface area contributed by atoms with Crippen LogP contribution >= 0.6 is 0 Å². The van der Waals surface area contributed by atoms with Crippen LogP contribution < -0.4 is 31.4 Å². The summed E-state index contributed by atoms with van der Waals surface area (Å²) in [5.74, 6) is 0.232. The van der Waals surface area contributed by atoms with Crippen molar-refractivity contribution in [2.24, 2.45) is 7.05 Å². The van der Waals surface area contributed by atoms with Crippen molar-refractivity contribution in [3.8, 4) is 11.5 Å². The van der Waals surface area contributed by atoms with Gasteiger partial charge in [-0.3, -0.25) is 23.5 Å². The number of Topliss-reactive ketones (excluding diaryl/α,β-unsaturated/α-hetero) is 1. The first-order chi connectivity index (χ1) is 15.3. The van der Waals surface area contributed by atoms with Crippen LogP contribution in [0.2, 0.25) is 0 Å². The number of hydrogen-bond acceptors (Lipinski definition) is 7. The van der Waals surface area contributed by atoms with Crippen LogP contribution in [0, 0.1) is 0 Å². The van der Waals surface area contributed by atoms with Crippen molar-refractivity contribution in [3.05, 3.63) is 55.9 Å². The maximum Gasteiger partial charge on any atom is 0.332 e. The number of anilines is 1. The van der Waals surface area contributed by atoms with Gasteiger partial charge in [0.25, 0.3) is 11.5 Å². The molecule has 32 heavy (non-hydrogen) atoms. The number of benzene rings is 1. The Morgan fingerprint density at radius 2 is 1.94 bits per heavy atom. The fourth-order valence-corrected chi connectivity index (χ4v) is 3.41. The number of carbonyl (C=O) groups is 2. The SMILES string of the molecule is CCCn1c2c(c(=O)n(C)c1=O)C(=O)/C(=C/c1ccc(OCC(=O)NCC)c(OC)c1)N2. The summed E-state index contributed by atoms with van der Waals surface area (Å²) < 4.78 is 13.2. The van der Waals surface area contributed by atoms with E-state index in [9.17, 15) is 19.2 Å². The van der Waals surface area contributed by atoms with Crippen molar-refractivity contribution >= 4 is 23.6 Å². The molecular weight excluding hydrogens is 416 g/mol. The Hall–Kier alpha value is -3.82. The number of ether oxygens (including phenoxy) is 2. The van der Waals surface area contributed by atoms with E-state index >= 15 is 0 Å². The number of nitrogens with zero attached hydrogens (tertiary/aromatic N) is 2. The maximum atomic E-state index is 12.9. The zero-order valence-electron chi connectivity index (χ0n) is 18.5. The molecule has 0 saturated heterocycles. The lowest BCUT2D eigenvalue weighted by Gasteiger charge is -2.12. The third kappa shape index (κ3) is 4.29. The molecule has 0 saturated carbocycles. The van der Waals surface area contributed by atoms with Gasteiger partial charge in [-0.15, -0.1) is 0 Å². The van der Waals surface area contributed by atoms with Crippen molar-refractivity contribution in [1.82, 2.24) is 14.5 Å². The van der Waals surface area contributed by atoms with Gasteiger partial charge in [-0.05, 0) is 37.1 Å². The molecule has 1 aromatic carbocycles. The number of ketones is 1. The molecule has 0 aliphatic carbocycles. The van der Waals surface area contributed by atoms with Crippen LogP contribution in [0.4, 0.5) is 5.82 Å². The first-order valence-corrected chi connectivity index (χ1v) is 10.3. The molecule has 2 heterocycles. The first-order valence-electron chi connectivity index (χ1n) is 10.3. The van der Waals surface area contributed by atoms with Gasteiger partial charge in [-0.2, -0.15) is 0 Å². The van der Waals surface area contributed by atoms with Gasteiger partial charge in [-0.1, -0.05) is 13.0 Å². The quantitative estimate of drug-likeness (QED) is 0.588. The smallest absolute Gasteiger partial charge is 0.332 e. The molecule has 170 valence electrons. The summed E-state index contributed by atoms with van der Waals surface area (Å²) in [6, 6.07) is 4.97. The van der Waals surface area contributed by atoms with Crippen LogP contribution in [-0.2, 0) is 18.4 Å². The number of carbonyl (C=O) groups excluding carboxylic acids is 2. The summed E-state index contributed by atoms with van der Waals surface area (Å²) in [7, 11) is 2.82. The molecule has 0 bridgehead atoms. The molecule has 1 amide bonds. The van der Waals surface area contributed by atoms with Gasteiger partial charge in [0.1, 0.15) is 11.4 Å². The van der Waals surface area contributed by atoms with Crippen molar-refractivity contribution in [1.29, 1.82) is 0 Å². The Morgan fingerprint density at radius 3 is 2.59 bits per heavy atom. The zero-order chi connectivity index (χ0) is 23.4. The lowest BCUT2D eigenvalue weighted by molar-refractivity contribution is -0.123. The van der Waals surface area contributed by atoms with Crippen LogP contribution in [0.3, 0.4) is 0 Å². The van der Waals surface area contributed by atoms with Gasteiger partial charge in [0.2, 0.25) is 5.78 Å². The minimum atomic E-state index is -0.634. The van der Waals surface area contributed by atoms with Crippen LogP contribution in [0.1, 0.15) is 36.2 Å². The van der Waals surface area contributed by atoms with E-state index in [0.717, 1.165) is 4.57 Å². The molecule has 0 atom stereocenters. The lowest BCUT2D eigenvalue weighted by Crippen LogP contribution is -2.40. The summed E-state index contributed by atoms with van der Waals surface area (Å²) in [5.41, 5.74) is -0.388. The van der Waals surface area contributed by atoms with Crippen LogP contribution in [0.5, 0.6) is 11.5 Å². The molecule has 10 nitrogen and oxygen atoms in total. The summed E-state index contributed by atoms with van der Waals surface area (Å²) in [5, 5.41) is 5.58. The molecule has 2 N–H and O–H groups in total. The molecule has 0 unspecified atom stereocenters. The van der Waals surface area contributed by atoms with E-state index in [-0.39, 0.29) is 29.6 Å². The van der Waals surface area contributed by atoms with E-state index in [2.05, 4.69) is 10.6 Å². The van der Waals surface area contributed by atoms with E-state index in [0.29, 0.717) is 36.6 Å². The second-order valence-electron chi connectivity index (χ2n) is 7.19. The highest BCUT2D eigenvalue weighted by Crippen LogP contribution is 2.31. The second-order valence-corrected chi connectivity index (χ2v) is 7.19. The van der Waals surface area contributed by atoms with Crippen molar-refractivity contribution in [2.75, 3.05) is 25.6 Å². The molecule has 0 radical (unpaired) electrons. The first kappa shape index (κ1) is 22.9. The number of allylic oxidation sites excluding steroid dienone is 1. The van der Waals surface area contributed by atoms with Gasteiger partial charge < -0.3 is 20.1 Å². The highest BCUT2D eigenvalue weighted by molar-refractivity contribution is 6.19. The second kappa shape index (κ2) is 9.54. The number of rotatable bonds is 8. The van der Waals surface area contributed by atoms with Crippen LogP contribution in [0.25, 0.3) is 6.08 Å². The predicted molar refractivity (Wildman–Crippen MR) is 119 cm³/mol. The Labute approximate surface area is 184 Å². The average molecular weight is 442 g/mol. The molecule has 0 fully saturated rings. The topological polar surface area (TPSA) is 121 Å². The van der Waals surface area contributed by atoms with Crippen LogP contribution in [0.15, 0.2) is 33.5 Å². The highest BCUT2D eigenvalue weighted by atomic mass is 16.5. The molecule has 10 heteroatoms. The minimum absolute atomic E-state index is 0.0549. The van der Waals surface area contributed by atoms with Crippen LogP contribution in [-0.4, -0.2) is 41.1 Å². The Bertz CT molecular complexity index is 1210. The summed E-state index contributed by atoms with van der Waals surface area (Å²) >= 11 is 0. The monoisotopic (exact) mass is 442 g/mol. The van der Waals surface area contributed by atoms with Gasteiger partial charge in [0, 0.05) is 20.1 Å². The number of likely N-dealkylation sites (N-methyl/N-ethyl adjacent to an activating group) is 1. The van der Waals surface area contributed by atoms with E-state index in [4.69, 9.17) is 9.47 Å². The summed E-state index contributed by atoms with van der Waals surface area (Å²) in [6.07, 6.45) is 2.23. The number of hydrogen-bond donors (Lipinski definition) is 2. The van der Waals surface area contributed by atoms with E-state index in [1.165, 1.54) is 18.7 Å². The average Bonchev–Trinajstić information content (AvgIpc) is 3.10. The third-order valence-electron chi connectivity index (χ3n) is 4.95. The minimum Gasteiger partial charge on any atom is -0.493 e. The van der Waals surface area contributed by atoms with Gasteiger partial charge in [0.15, 0.2) is 18.1 Å². The molecule has 1 aromatic heterocycles. The molecule has 1 aliphatic heterocycles. The summed E-state index contributed by atoms with van der Waals surface area (Å²) in [6.45, 7) is 4.44. The molecule has 2 aromatic rings. The van der Waals surface area contributed by atoms with Gasteiger partial charge in [0.05, 0.1) is 12.8 Å². The molecular formula is C22H26N4O6. The van der Waals surface area contributed by atoms with Crippen molar-refractivity contribution in [3.63, 3.8) is 0 Å². The number of methoxy groups -OCH3 is 1. The molecule has 1 aliphatic rings. The number of nitrogens with one attached hydrogen (secondary N) is 2. The lowest BCUT2D eigenvalue weighted by atomic mass is 10.1. The molecule has 0 spiro atoms. The zero-order valence-corrected chi connectivity index (χ0v) is 18.5. The van der Waals surface area contributed by atoms with E-state index < -0.39 is 17.0 Å². The standard InChI is InChI=1S/C22H26N4O6/c1-5-9-26-20-18(21(29)25(3)22(26)30)19(28)14(24-20)10-13-7-8-15(16(11-13)31-4)32-12-17(27)23-6-2/h7-8,10-11,24H,5-6,9,12H2,1-4H3,(H,23,27)/b14-10-. The fourth-order valence-electron chi connectivity index (χ4n) is 3.41. The Kier molecular flexibility index (Phi) is 6.82. The van der Waals surface area contributed by atoms with Crippen molar-refractivity contribution in [2.45, 2.75) is 26.8 Å². The number of fused-ring (bicyclic) bond motifs is 1. The Balaban J connectivity index is 1.93. The maximum absolute atomic E-state index is 12.9. The van der Waals surface area contributed by atoms with Gasteiger partial charge in [-0.25, -0.2) is 4.79 Å². The normalized spacial score (nSPS) is 13.6.